The van der Waals surface area contributed by atoms with Gasteiger partial charge in [0.1, 0.15) is 17.5 Å². The normalized spacial score (nSPS) is 21.2. The maximum Gasteiger partial charge on any atom is 0.225 e. The van der Waals surface area contributed by atoms with Crippen LogP contribution in [0.3, 0.4) is 0 Å². The quantitative estimate of drug-likeness (QED) is 0.501. The van der Waals surface area contributed by atoms with Crippen LogP contribution in [0.25, 0.3) is 0 Å². The highest BCUT2D eigenvalue weighted by Gasteiger charge is 2.39. The Morgan fingerprint density at radius 2 is 1.97 bits per heavy atom. The molecular weight excluding hydrogens is 419 g/mol. The van der Waals surface area contributed by atoms with Gasteiger partial charge in [0.25, 0.3) is 0 Å². The molecule has 0 radical (unpaired) electrons. The Hall–Kier alpha value is -2.28. The first-order chi connectivity index (χ1) is 15.8. The molecule has 2 aliphatic rings. The van der Waals surface area contributed by atoms with E-state index >= 15 is 0 Å². The van der Waals surface area contributed by atoms with E-state index in [0.717, 1.165) is 48.8 Å². The van der Waals surface area contributed by atoms with Crippen LogP contribution >= 0.6 is 0 Å². The van der Waals surface area contributed by atoms with Crippen molar-refractivity contribution in [3.63, 3.8) is 0 Å². The van der Waals surface area contributed by atoms with Gasteiger partial charge in [-0.1, -0.05) is 19.9 Å². The first-order valence-electron chi connectivity index (χ1n) is 12.4. The number of carbonyl (C=O) groups excluding carboxylic acids is 1. The molecule has 0 spiro atoms. The zero-order chi connectivity index (χ0) is 23.7. The van der Waals surface area contributed by atoms with E-state index in [1.54, 1.807) is 6.92 Å². The van der Waals surface area contributed by atoms with E-state index in [9.17, 15) is 14.3 Å². The fourth-order valence-electron chi connectivity index (χ4n) is 5.35. The summed E-state index contributed by atoms with van der Waals surface area (Å²) in [7, 11) is 0. The standard InChI is InChI=1S/C26H37FN4O2/c1-15(2)9-18-12-20(13-18)26-30-29-25(31(26)21-5-6-21)19(7-8-32)14-23(33)28-24-17(4)10-16(3)11-22(24)27/h10-11,15,18-21,32H,5-9,12-14H2,1-4H3,(H,28,33)/t18-,19-,20+/m0/s1. The Labute approximate surface area is 196 Å². The molecule has 7 heteroatoms. The summed E-state index contributed by atoms with van der Waals surface area (Å²) in [5.41, 5.74) is 1.74. The number of aliphatic hydroxyl groups excluding tert-OH is 1. The molecule has 0 saturated heterocycles. The maximum absolute atomic E-state index is 14.4. The SMILES string of the molecule is Cc1cc(C)c(NC(=O)C[C@H](CCO)c2nnc([C@H]3C[C@@H](CC(C)C)C3)n2C2CC2)c(F)c1. The van der Waals surface area contributed by atoms with E-state index in [-0.39, 0.29) is 30.5 Å². The summed E-state index contributed by atoms with van der Waals surface area (Å²) in [6, 6.07) is 3.68. The second kappa shape index (κ2) is 9.92. The number of carbonyl (C=O) groups is 1. The molecular formula is C26H37FN4O2. The van der Waals surface area contributed by atoms with E-state index < -0.39 is 5.82 Å². The molecule has 1 aromatic heterocycles. The van der Waals surface area contributed by atoms with Crippen LogP contribution in [0, 0.1) is 31.5 Å². The summed E-state index contributed by atoms with van der Waals surface area (Å²) in [6.07, 6.45) is 6.33. The van der Waals surface area contributed by atoms with Crippen molar-refractivity contribution in [2.45, 2.75) is 90.5 Å². The number of rotatable bonds is 10. The van der Waals surface area contributed by atoms with Crippen molar-refractivity contribution < 1.29 is 14.3 Å². The lowest BCUT2D eigenvalue weighted by Gasteiger charge is -2.36. The summed E-state index contributed by atoms with van der Waals surface area (Å²) in [5.74, 6) is 2.80. The van der Waals surface area contributed by atoms with Gasteiger partial charge in [0.05, 0.1) is 5.69 Å². The number of aromatic nitrogens is 3. The summed E-state index contributed by atoms with van der Waals surface area (Å²) >= 11 is 0. The lowest BCUT2D eigenvalue weighted by molar-refractivity contribution is -0.116. The Balaban J connectivity index is 1.50. The molecule has 0 aliphatic heterocycles. The van der Waals surface area contributed by atoms with E-state index in [1.807, 2.05) is 13.0 Å². The minimum atomic E-state index is -0.427. The van der Waals surface area contributed by atoms with Crippen LogP contribution in [-0.4, -0.2) is 32.4 Å². The van der Waals surface area contributed by atoms with Gasteiger partial charge in [-0.3, -0.25) is 4.79 Å². The molecule has 2 fully saturated rings. The molecule has 180 valence electrons. The third-order valence-electron chi connectivity index (χ3n) is 7.04. The van der Waals surface area contributed by atoms with Gasteiger partial charge in [-0.2, -0.15) is 0 Å². The molecule has 0 unspecified atom stereocenters. The molecule has 2 saturated carbocycles. The number of nitrogens with one attached hydrogen (secondary N) is 1. The first kappa shape index (κ1) is 23.9. The third kappa shape index (κ3) is 5.45. The molecule has 2 aromatic rings. The van der Waals surface area contributed by atoms with Crippen LogP contribution in [0.15, 0.2) is 12.1 Å². The van der Waals surface area contributed by atoms with Crippen molar-refractivity contribution in [2.75, 3.05) is 11.9 Å². The van der Waals surface area contributed by atoms with E-state index in [4.69, 9.17) is 0 Å². The van der Waals surface area contributed by atoms with E-state index in [1.165, 1.54) is 12.5 Å². The van der Waals surface area contributed by atoms with E-state index in [2.05, 4.69) is 33.9 Å². The third-order valence-corrected chi connectivity index (χ3v) is 7.04. The van der Waals surface area contributed by atoms with Crippen molar-refractivity contribution in [2.24, 2.45) is 11.8 Å². The predicted octanol–water partition coefficient (Wildman–Crippen LogP) is 5.40. The summed E-state index contributed by atoms with van der Waals surface area (Å²) in [5, 5.41) is 21.6. The molecule has 1 heterocycles. The number of hydrogen-bond donors (Lipinski definition) is 2. The van der Waals surface area contributed by atoms with Gasteiger partial charge in [0, 0.05) is 30.9 Å². The smallest absolute Gasteiger partial charge is 0.225 e. The topological polar surface area (TPSA) is 80.0 Å². The van der Waals surface area contributed by atoms with Crippen LogP contribution in [0.2, 0.25) is 0 Å². The Morgan fingerprint density at radius 3 is 2.58 bits per heavy atom. The fourth-order valence-corrected chi connectivity index (χ4v) is 5.35. The minimum absolute atomic E-state index is 0.0391. The van der Waals surface area contributed by atoms with Crippen LogP contribution in [0.5, 0.6) is 0 Å². The second-order valence-electron chi connectivity index (χ2n) is 10.6. The average molecular weight is 457 g/mol. The largest absolute Gasteiger partial charge is 0.396 e. The van der Waals surface area contributed by atoms with Crippen LogP contribution in [-0.2, 0) is 4.79 Å². The second-order valence-corrected chi connectivity index (χ2v) is 10.6. The van der Waals surface area contributed by atoms with Gasteiger partial charge in [0.15, 0.2) is 0 Å². The van der Waals surface area contributed by atoms with Gasteiger partial charge >= 0.3 is 0 Å². The summed E-state index contributed by atoms with van der Waals surface area (Å²) < 4.78 is 16.7. The highest BCUT2D eigenvalue weighted by molar-refractivity contribution is 5.92. The zero-order valence-electron chi connectivity index (χ0n) is 20.3. The lowest BCUT2D eigenvalue weighted by Crippen LogP contribution is -2.26. The average Bonchev–Trinajstić information content (AvgIpc) is 3.45. The molecule has 33 heavy (non-hydrogen) atoms. The summed E-state index contributed by atoms with van der Waals surface area (Å²) in [4.78, 5) is 12.9. The molecule has 2 aliphatic carbocycles. The van der Waals surface area contributed by atoms with Gasteiger partial charge in [0.2, 0.25) is 5.91 Å². The highest BCUT2D eigenvalue weighted by atomic mass is 19.1. The van der Waals surface area contributed by atoms with Crippen LogP contribution in [0.1, 0.15) is 99.4 Å². The van der Waals surface area contributed by atoms with Gasteiger partial charge in [-0.15, -0.1) is 10.2 Å². The number of hydrogen-bond acceptors (Lipinski definition) is 4. The first-order valence-corrected chi connectivity index (χ1v) is 12.4. The number of nitrogens with zero attached hydrogens (tertiary/aromatic N) is 3. The highest BCUT2D eigenvalue weighted by Crippen LogP contribution is 2.48. The van der Waals surface area contributed by atoms with E-state index in [0.29, 0.717) is 29.9 Å². The van der Waals surface area contributed by atoms with Crippen molar-refractivity contribution in [1.82, 2.24) is 14.8 Å². The van der Waals surface area contributed by atoms with Crippen LogP contribution in [0.4, 0.5) is 10.1 Å². The molecule has 4 rings (SSSR count). The van der Waals surface area contributed by atoms with Crippen molar-refractivity contribution in [3.05, 3.63) is 40.7 Å². The number of aryl methyl sites for hydroxylation is 2. The fraction of sp³-hybridized carbons (Fsp3) is 0.654. The number of amides is 1. The Kier molecular flexibility index (Phi) is 7.17. The number of aliphatic hydroxyl groups is 1. The Morgan fingerprint density at radius 1 is 1.24 bits per heavy atom. The molecule has 2 N–H and O–H groups in total. The van der Waals surface area contributed by atoms with Gasteiger partial charge < -0.3 is 15.0 Å². The molecule has 1 aromatic carbocycles. The molecule has 0 bridgehead atoms. The molecule has 1 atom stereocenters. The Bertz CT molecular complexity index is 969. The molecule has 1 amide bonds. The predicted molar refractivity (Wildman–Crippen MR) is 127 cm³/mol. The summed E-state index contributed by atoms with van der Waals surface area (Å²) in [6.45, 7) is 8.12. The number of halogens is 1. The van der Waals surface area contributed by atoms with Gasteiger partial charge in [-0.05, 0) is 81.4 Å². The maximum atomic E-state index is 14.4. The minimum Gasteiger partial charge on any atom is -0.396 e. The van der Waals surface area contributed by atoms with Crippen molar-refractivity contribution >= 4 is 11.6 Å². The monoisotopic (exact) mass is 456 g/mol. The number of anilines is 1. The van der Waals surface area contributed by atoms with Crippen molar-refractivity contribution in [1.29, 1.82) is 0 Å². The molecule has 6 nitrogen and oxygen atoms in total. The van der Waals surface area contributed by atoms with Gasteiger partial charge in [-0.25, -0.2) is 4.39 Å². The number of benzene rings is 1. The van der Waals surface area contributed by atoms with Crippen LogP contribution < -0.4 is 5.32 Å². The lowest BCUT2D eigenvalue weighted by atomic mass is 9.71. The zero-order valence-corrected chi connectivity index (χ0v) is 20.3. The van der Waals surface area contributed by atoms with Crippen molar-refractivity contribution in [3.8, 4) is 0 Å².